The quantitative estimate of drug-likeness (QED) is 0.420. The van der Waals surface area contributed by atoms with E-state index in [1.165, 1.54) is 6.47 Å². The van der Waals surface area contributed by atoms with Gasteiger partial charge in [-0.1, -0.05) is 12.5 Å². The van der Waals surface area contributed by atoms with E-state index in [1.807, 2.05) is 47.7 Å². The third-order valence-corrected chi connectivity index (χ3v) is 3.72. The van der Waals surface area contributed by atoms with Crippen molar-refractivity contribution in [2.45, 2.75) is 40.2 Å². The number of aryl methyl sites for hydroxylation is 2. The van der Waals surface area contributed by atoms with E-state index >= 15 is 0 Å². The zero-order valence-electron chi connectivity index (χ0n) is 17.8. The van der Waals surface area contributed by atoms with Crippen LogP contribution in [0.15, 0.2) is 24.3 Å². The zero-order valence-corrected chi connectivity index (χ0v) is 17.8. The molecule has 1 aromatic carbocycles. The van der Waals surface area contributed by atoms with Gasteiger partial charge in [0.1, 0.15) is 12.1 Å². The molecular formula is C21H28LiN3O3-2. The fourth-order valence-corrected chi connectivity index (χ4v) is 2.23. The molecule has 0 saturated heterocycles. The minimum atomic E-state index is -0.373. The second-order valence-corrected chi connectivity index (χ2v) is 7.00. The number of ether oxygens (including phenoxy) is 1. The molecule has 0 bridgehead atoms. The number of anilines is 1. The van der Waals surface area contributed by atoms with Crippen molar-refractivity contribution in [3.63, 3.8) is 0 Å². The number of aromatic nitrogens is 2. The molecule has 0 aliphatic carbocycles. The first-order valence-corrected chi connectivity index (χ1v) is 8.68. The maximum absolute atomic E-state index is 11.0. The van der Waals surface area contributed by atoms with Gasteiger partial charge in [0.2, 0.25) is 0 Å². The van der Waals surface area contributed by atoms with E-state index in [0.29, 0.717) is 18.7 Å². The third kappa shape index (κ3) is 7.53. The van der Waals surface area contributed by atoms with Gasteiger partial charge in [-0.25, -0.2) is 4.68 Å². The van der Waals surface area contributed by atoms with Gasteiger partial charge in [-0.05, 0) is 52.3 Å². The average Bonchev–Trinajstić information content (AvgIpc) is 2.97. The summed E-state index contributed by atoms with van der Waals surface area (Å²) in [4.78, 5) is 22.5. The molecule has 0 unspecified atom stereocenters. The molecule has 0 radical (unpaired) electrons. The number of hydrogen-bond donors (Lipinski definition) is 0. The number of nitrogens with zero attached hydrogens (tertiary/aromatic N) is 3. The van der Waals surface area contributed by atoms with E-state index in [4.69, 9.17) is 0 Å². The molecule has 0 aliphatic rings. The van der Waals surface area contributed by atoms with Gasteiger partial charge in [0.25, 0.3) is 0 Å². The number of carbonyl (C=O) groups is 1. The molecule has 1 heterocycles. The van der Waals surface area contributed by atoms with E-state index in [2.05, 4.69) is 23.7 Å². The van der Waals surface area contributed by atoms with Crippen LogP contribution < -0.4 is 23.8 Å². The van der Waals surface area contributed by atoms with Crippen LogP contribution in [0.4, 0.5) is 5.82 Å². The molecular weight excluding hydrogens is 349 g/mol. The summed E-state index contributed by atoms with van der Waals surface area (Å²) in [6.45, 7) is 19.6. The summed E-state index contributed by atoms with van der Waals surface area (Å²) < 4.78 is 6.26. The molecule has 0 aliphatic heterocycles. The molecule has 6 nitrogen and oxygen atoms in total. The normalized spacial score (nSPS) is 10.2. The van der Waals surface area contributed by atoms with Gasteiger partial charge < -0.3 is 28.3 Å². The van der Waals surface area contributed by atoms with Crippen LogP contribution in [0.3, 0.4) is 0 Å². The average molecular weight is 377 g/mol. The molecule has 0 fully saturated rings. The minimum absolute atomic E-state index is 0. The molecule has 2 rings (SSSR count). The molecule has 148 valence electrons. The SMILES string of the molecule is CC(C)(C)O[C-]=O.[CH2-]CN(C[CH2-])c1cc(C)n(-c2ccc(C)c(C=O)c2)n1.[Li+]. The molecule has 0 atom stereocenters. The Balaban J connectivity index is 0.000000786. The Morgan fingerprint density at radius 1 is 1.21 bits per heavy atom. The number of hydrogen-bond acceptors (Lipinski definition) is 5. The van der Waals surface area contributed by atoms with Crippen molar-refractivity contribution in [1.82, 2.24) is 9.78 Å². The summed E-state index contributed by atoms with van der Waals surface area (Å²) in [5, 5.41) is 4.57. The van der Waals surface area contributed by atoms with Crippen molar-refractivity contribution in [1.29, 1.82) is 0 Å². The smallest absolute Gasteiger partial charge is 0.649 e. The molecule has 2 aromatic rings. The number of carbonyl (C=O) groups excluding carboxylic acids is 2. The summed E-state index contributed by atoms with van der Waals surface area (Å²) in [7, 11) is 0. The topological polar surface area (TPSA) is 64.4 Å². The summed E-state index contributed by atoms with van der Waals surface area (Å²) in [5.41, 5.74) is 3.17. The molecule has 0 amide bonds. The first-order chi connectivity index (χ1) is 12.7. The van der Waals surface area contributed by atoms with Crippen LogP contribution in [0.25, 0.3) is 5.69 Å². The Hall–Kier alpha value is -2.03. The minimum Gasteiger partial charge on any atom is -0.649 e. The number of aldehydes is 1. The second kappa shape index (κ2) is 11.7. The predicted molar refractivity (Wildman–Crippen MR) is 108 cm³/mol. The first-order valence-electron chi connectivity index (χ1n) is 8.68. The van der Waals surface area contributed by atoms with Gasteiger partial charge in [-0.2, -0.15) is 5.10 Å². The molecule has 1 aromatic heterocycles. The second-order valence-electron chi connectivity index (χ2n) is 7.00. The van der Waals surface area contributed by atoms with Gasteiger partial charge in [0.05, 0.1) is 11.3 Å². The van der Waals surface area contributed by atoms with Crippen LogP contribution in [0, 0.1) is 27.7 Å². The van der Waals surface area contributed by atoms with E-state index < -0.39 is 0 Å². The monoisotopic (exact) mass is 377 g/mol. The first kappa shape index (κ1) is 26.0. The predicted octanol–water partition coefficient (Wildman–Crippen LogP) is 0.649. The Morgan fingerprint density at radius 2 is 1.82 bits per heavy atom. The number of rotatable bonds is 6. The summed E-state index contributed by atoms with van der Waals surface area (Å²) >= 11 is 0. The number of benzene rings is 1. The fraction of sp³-hybridized carbons (Fsp3) is 0.381. The van der Waals surface area contributed by atoms with Crippen LogP contribution in [0.1, 0.15) is 42.4 Å². The Morgan fingerprint density at radius 3 is 2.25 bits per heavy atom. The summed E-state index contributed by atoms with van der Waals surface area (Å²) in [6, 6.07) is 7.74. The van der Waals surface area contributed by atoms with Gasteiger partial charge in [-0.15, -0.1) is 13.1 Å². The van der Waals surface area contributed by atoms with Crippen molar-refractivity contribution >= 4 is 18.6 Å². The van der Waals surface area contributed by atoms with Crippen LogP contribution in [-0.2, 0) is 9.53 Å². The van der Waals surface area contributed by atoms with Crippen molar-refractivity contribution < 1.29 is 33.2 Å². The Bertz CT molecular complexity index is 763. The Labute approximate surface area is 180 Å². The fourth-order valence-electron chi connectivity index (χ4n) is 2.23. The zero-order chi connectivity index (χ0) is 20.6. The van der Waals surface area contributed by atoms with Crippen molar-refractivity contribution in [2.75, 3.05) is 18.0 Å². The van der Waals surface area contributed by atoms with Gasteiger partial charge in [0, 0.05) is 17.3 Å². The van der Waals surface area contributed by atoms with Gasteiger partial charge in [-0.3, -0.25) is 4.79 Å². The van der Waals surface area contributed by atoms with Gasteiger partial charge in [0.15, 0.2) is 0 Å². The van der Waals surface area contributed by atoms with E-state index in [0.717, 1.165) is 29.0 Å². The van der Waals surface area contributed by atoms with Gasteiger partial charge >= 0.3 is 18.9 Å². The van der Waals surface area contributed by atoms with Crippen molar-refractivity contribution in [3.05, 3.63) is 54.9 Å². The largest absolute Gasteiger partial charge is 1.00 e. The van der Waals surface area contributed by atoms with Crippen LogP contribution in [-0.4, -0.2) is 41.2 Å². The maximum Gasteiger partial charge on any atom is 1.00 e. The summed E-state index contributed by atoms with van der Waals surface area (Å²) in [6.07, 6.45) is 0.872. The standard InChI is InChI=1S/C16H19N3O.C5H9O2.Li/c1-5-18(6-2)16-9-13(4)19(17-16)15-8-7-12(3)14(10-15)11-20;1-5(2,3)7-4-6;/h7-11H,1-2,5-6H2,3-4H3;1-3H3;/q-2;-1;+1. The third-order valence-electron chi connectivity index (χ3n) is 3.72. The maximum atomic E-state index is 11.0. The molecule has 0 spiro atoms. The molecule has 7 heteroatoms. The van der Waals surface area contributed by atoms with E-state index in [-0.39, 0.29) is 24.5 Å². The molecule has 0 N–H and O–H groups in total. The summed E-state index contributed by atoms with van der Waals surface area (Å²) in [5.74, 6) is 0.848. The van der Waals surface area contributed by atoms with Crippen molar-refractivity contribution in [3.8, 4) is 5.69 Å². The Kier molecular flexibility index (Phi) is 10.9. The van der Waals surface area contributed by atoms with E-state index in [1.54, 1.807) is 20.8 Å². The van der Waals surface area contributed by atoms with E-state index in [9.17, 15) is 9.59 Å². The molecule has 0 saturated carbocycles. The van der Waals surface area contributed by atoms with Crippen molar-refractivity contribution in [2.24, 2.45) is 0 Å². The van der Waals surface area contributed by atoms with Crippen LogP contribution in [0.5, 0.6) is 0 Å². The van der Waals surface area contributed by atoms with Crippen LogP contribution >= 0.6 is 0 Å². The molecule has 28 heavy (non-hydrogen) atoms. The van der Waals surface area contributed by atoms with Crippen LogP contribution in [0.2, 0.25) is 0 Å².